The minimum atomic E-state index is -0.138. The largest absolute Gasteiger partial charge is 0.497 e. The lowest BCUT2D eigenvalue weighted by atomic mass is 10.2. The van der Waals surface area contributed by atoms with Crippen LogP contribution in [0.2, 0.25) is 0 Å². The molecule has 1 aromatic rings. The number of benzene rings is 1. The highest BCUT2D eigenvalue weighted by Gasteiger charge is 2.21. The van der Waals surface area contributed by atoms with Crippen LogP contribution in [0.25, 0.3) is 0 Å². The Morgan fingerprint density at radius 2 is 2.19 bits per heavy atom. The van der Waals surface area contributed by atoms with Crippen LogP contribution in [0.1, 0.15) is 18.4 Å². The van der Waals surface area contributed by atoms with Crippen molar-refractivity contribution >= 4 is 11.7 Å². The van der Waals surface area contributed by atoms with E-state index in [9.17, 15) is 4.79 Å². The van der Waals surface area contributed by atoms with Crippen LogP contribution in [0.4, 0.5) is 10.5 Å². The number of aryl methyl sites for hydroxylation is 1. The molecule has 1 N–H and O–H groups in total. The Morgan fingerprint density at radius 1 is 1.43 bits per heavy atom. The van der Waals surface area contributed by atoms with Gasteiger partial charge in [0, 0.05) is 32.0 Å². The van der Waals surface area contributed by atoms with E-state index in [0.717, 1.165) is 29.5 Å². The van der Waals surface area contributed by atoms with E-state index in [1.165, 1.54) is 12.8 Å². The van der Waals surface area contributed by atoms with Crippen LogP contribution in [0, 0.1) is 12.8 Å². The van der Waals surface area contributed by atoms with Gasteiger partial charge in [0.1, 0.15) is 5.75 Å². The van der Waals surface area contributed by atoms with Crippen molar-refractivity contribution in [3.05, 3.63) is 23.8 Å². The number of urea groups is 1. The Hall–Kier alpha value is -1.75. The summed E-state index contributed by atoms with van der Waals surface area (Å²) in [5.74, 6) is 1.48. The number of nitrogens with zero attached hydrogens (tertiary/aromatic N) is 1. The molecule has 21 heavy (non-hydrogen) atoms. The zero-order valence-electron chi connectivity index (χ0n) is 13.0. The van der Waals surface area contributed by atoms with Gasteiger partial charge in [-0.05, 0) is 37.3 Å². The third-order valence-electron chi connectivity index (χ3n) is 3.65. The lowest BCUT2D eigenvalue weighted by molar-refractivity contribution is 0.109. The van der Waals surface area contributed by atoms with Crippen LogP contribution in [0.5, 0.6) is 5.75 Å². The highest BCUT2D eigenvalue weighted by atomic mass is 16.5. The van der Waals surface area contributed by atoms with Gasteiger partial charge >= 0.3 is 6.03 Å². The van der Waals surface area contributed by atoms with Crippen molar-refractivity contribution < 1.29 is 14.3 Å². The van der Waals surface area contributed by atoms with Gasteiger partial charge in [0.2, 0.25) is 0 Å². The fourth-order valence-electron chi connectivity index (χ4n) is 1.91. The maximum Gasteiger partial charge on any atom is 0.321 e. The summed E-state index contributed by atoms with van der Waals surface area (Å²) in [4.78, 5) is 13.8. The number of anilines is 1. The summed E-state index contributed by atoms with van der Waals surface area (Å²) in [6.07, 6.45) is 2.57. The highest BCUT2D eigenvalue weighted by Crippen LogP contribution is 2.28. The number of carbonyl (C=O) groups is 1. The van der Waals surface area contributed by atoms with Gasteiger partial charge in [0.25, 0.3) is 0 Å². The second-order valence-corrected chi connectivity index (χ2v) is 5.55. The molecule has 0 atom stereocenters. The number of rotatable bonds is 7. The molecule has 1 aromatic carbocycles. The van der Waals surface area contributed by atoms with Gasteiger partial charge in [-0.15, -0.1) is 0 Å². The van der Waals surface area contributed by atoms with Crippen LogP contribution in [-0.4, -0.2) is 44.8 Å². The quantitative estimate of drug-likeness (QED) is 0.786. The monoisotopic (exact) mass is 292 g/mol. The standard InChI is InChI=1S/C16H24N2O3/c1-12-4-7-14(20-3)10-15(12)17-16(19)18(2)8-9-21-11-13-5-6-13/h4,7,10,13H,5-6,8-9,11H2,1-3H3,(H,17,19). The molecule has 0 heterocycles. The molecule has 0 saturated heterocycles. The lowest BCUT2D eigenvalue weighted by Crippen LogP contribution is -2.34. The van der Waals surface area contributed by atoms with Gasteiger partial charge in [0.15, 0.2) is 0 Å². The van der Waals surface area contributed by atoms with Crippen molar-refractivity contribution in [3.63, 3.8) is 0 Å². The smallest absolute Gasteiger partial charge is 0.321 e. The van der Waals surface area contributed by atoms with Crippen molar-refractivity contribution in [2.75, 3.05) is 39.2 Å². The van der Waals surface area contributed by atoms with E-state index < -0.39 is 0 Å². The maximum atomic E-state index is 12.1. The van der Waals surface area contributed by atoms with Crippen LogP contribution >= 0.6 is 0 Å². The maximum absolute atomic E-state index is 12.1. The summed E-state index contributed by atoms with van der Waals surface area (Å²) >= 11 is 0. The summed E-state index contributed by atoms with van der Waals surface area (Å²) < 4.78 is 10.7. The minimum absolute atomic E-state index is 0.138. The van der Waals surface area contributed by atoms with Crippen LogP contribution < -0.4 is 10.1 Å². The predicted octanol–water partition coefficient (Wildman–Crippen LogP) is 2.89. The summed E-state index contributed by atoms with van der Waals surface area (Å²) in [5, 5.41) is 2.90. The number of methoxy groups -OCH3 is 1. The molecule has 0 aliphatic heterocycles. The summed E-state index contributed by atoms with van der Waals surface area (Å²) in [6, 6.07) is 5.49. The molecule has 2 rings (SSSR count). The molecule has 116 valence electrons. The molecule has 1 aliphatic carbocycles. The van der Waals surface area contributed by atoms with Gasteiger partial charge in [-0.1, -0.05) is 6.07 Å². The lowest BCUT2D eigenvalue weighted by Gasteiger charge is -2.19. The van der Waals surface area contributed by atoms with Crippen LogP contribution in [-0.2, 0) is 4.74 Å². The average molecular weight is 292 g/mol. The van der Waals surface area contributed by atoms with Gasteiger partial charge in [0.05, 0.1) is 13.7 Å². The fraction of sp³-hybridized carbons (Fsp3) is 0.562. The number of hydrogen-bond donors (Lipinski definition) is 1. The van der Waals surface area contributed by atoms with Crippen molar-refractivity contribution in [3.8, 4) is 5.75 Å². The molecule has 1 saturated carbocycles. The molecule has 0 bridgehead atoms. The first kappa shape index (κ1) is 15.6. The van der Waals surface area contributed by atoms with Crippen molar-refractivity contribution in [1.82, 2.24) is 4.90 Å². The molecule has 0 unspecified atom stereocenters. The zero-order chi connectivity index (χ0) is 15.2. The van der Waals surface area contributed by atoms with E-state index in [4.69, 9.17) is 9.47 Å². The Bertz CT molecular complexity index is 486. The third-order valence-corrected chi connectivity index (χ3v) is 3.65. The summed E-state index contributed by atoms with van der Waals surface area (Å²) in [5.41, 5.74) is 1.77. The average Bonchev–Trinajstić information content (AvgIpc) is 3.29. The number of carbonyl (C=O) groups excluding carboxylic acids is 1. The normalized spacial score (nSPS) is 13.9. The molecule has 5 heteroatoms. The number of amides is 2. The molecular weight excluding hydrogens is 268 g/mol. The molecule has 0 radical (unpaired) electrons. The van der Waals surface area contributed by atoms with E-state index in [2.05, 4.69) is 5.32 Å². The number of hydrogen-bond acceptors (Lipinski definition) is 3. The van der Waals surface area contributed by atoms with E-state index in [0.29, 0.717) is 13.2 Å². The molecule has 2 amide bonds. The summed E-state index contributed by atoms with van der Waals surface area (Å²) in [6.45, 7) is 3.94. The number of likely N-dealkylation sites (N-methyl/N-ethyl adjacent to an activating group) is 1. The van der Waals surface area contributed by atoms with E-state index in [-0.39, 0.29) is 6.03 Å². The summed E-state index contributed by atoms with van der Waals surface area (Å²) in [7, 11) is 3.38. The number of ether oxygens (including phenoxy) is 2. The molecular formula is C16H24N2O3. The first-order valence-corrected chi connectivity index (χ1v) is 7.34. The van der Waals surface area contributed by atoms with Gasteiger partial charge < -0.3 is 19.7 Å². The minimum Gasteiger partial charge on any atom is -0.497 e. The SMILES string of the molecule is COc1ccc(C)c(NC(=O)N(C)CCOCC2CC2)c1. The predicted molar refractivity (Wildman–Crippen MR) is 82.9 cm³/mol. The van der Waals surface area contributed by atoms with Crippen molar-refractivity contribution in [2.24, 2.45) is 5.92 Å². The third kappa shape index (κ3) is 4.93. The highest BCUT2D eigenvalue weighted by molar-refractivity contribution is 5.90. The Morgan fingerprint density at radius 3 is 2.86 bits per heavy atom. The Balaban J connectivity index is 1.78. The van der Waals surface area contributed by atoms with E-state index in [1.807, 2.05) is 25.1 Å². The van der Waals surface area contributed by atoms with Crippen LogP contribution in [0.15, 0.2) is 18.2 Å². The topological polar surface area (TPSA) is 50.8 Å². The molecule has 1 fully saturated rings. The van der Waals surface area contributed by atoms with Crippen molar-refractivity contribution in [2.45, 2.75) is 19.8 Å². The van der Waals surface area contributed by atoms with Gasteiger partial charge in [-0.25, -0.2) is 4.79 Å². The van der Waals surface area contributed by atoms with Gasteiger partial charge in [-0.2, -0.15) is 0 Å². The fourth-order valence-corrected chi connectivity index (χ4v) is 1.91. The molecule has 1 aliphatic rings. The number of nitrogens with one attached hydrogen (secondary N) is 1. The van der Waals surface area contributed by atoms with Crippen LogP contribution in [0.3, 0.4) is 0 Å². The van der Waals surface area contributed by atoms with E-state index >= 15 is 0 Å². The first-order chi connectivity index (χ1) is 10.1. The van der Waals surface area contributed by atoms with E-state index in [1.54, 1.807) is 19.1 Å². The Kier molecular flexibility index (Phi) is 5.44. The molecule has 0 spiro atoms. The molecule has 5 nitrogen and oxygen atoms in total. The Labute approximate surface area is 126 Å². The molecule has 0 aromatic heterocycles. The second kappa shape index (κ2) is 7.31. The first-order valence-electron chi connectivity index (χ1n) is 7.34. The van der Waals surface area contributed by atoms with Gasteiger partial charge in [-0.3, -0.25) is 0 Å². The second-order valence-electron chi connectivity index (χ2n) is 5.55. The zero-order valence-corrected chi connectivity index (χ0v) is 13.0. The van der Waals surface area contributed by atoms with Crippen molar-refractivity contribution in [1.29, 1.82) is 0 Å².